The van der Waals surface area contributed by atoms with E-state index < -0.39 is 22.0 Å². The minimum absolute atomic E-state index is 0.106. The lowest BCUT2D eigenvalue weighted by Gasteiger charge is -2.39. The lowest BCUT2D eigenvalue weighted by Crippen LogP contribution is -2.52. The summed E-state index contributed by atoms with van der Waals surface area (Å²) in [6, 6.07) is 9.17. The second-order valence-corrected chi connectivity index (χ2v) is 11.6. The lowest BCUT2D eigenvalue weighted by atomic mass is 9.90. The molecule has 0 unspecified atom stereocenters. The number of carbonyl (C=O) groups is 2. The SMILES string of the molecule is COC(=O)[C@@H]1Cc2ccccc2CN1C(=O)C1CCN(S(=O)(=O)c2c(C)c(C)cc(C)c2C)CC1. The molecule has 7 nitrogen and oxygen atoms in total. The van der Waals surface area contributed by atoms with Crippen molar-refractivity contribution in [2.24, 2.45) is 5.92 Å². The Balaban J connectivity index is 1.53. The van der Waals surface area contributed by atoms with Crippen LogP contribution in [-0.2, 0) is 37.3 Å². The van der Waals surface area contributed by atoms with E-state index in [-0.39, 0.29) is 24.9 Å². The molecular formula is C27H34N2O5S. The van der Waals surface area contributed by atoms with Gasteiger partial charge in [-0.25, -0.2) is 13.2 Å². The Bertz CT molecular complexity index is 1240. The Morgan fingerprint density at radius 3 is 2.09 bits per heavy atom. The van der Waals surface area contributed by atoms with Crippen LogP contribution in [0.25, 0.3) is 0 Å². The van der Waals surface area contributed by atoms with Crippen molar-refractivity contribution in [2.75, 3.05) is 20.2 Å². The fourth-order valence-corrected chi connectivity index (χ4v) is 7.42. The first kappa shape index (κ1) is 25.4. The second-order valence-electron chi connectivity index (χ2n) is 9.75. The number of amides is 1. The van der Waals surface area contributed by atoms with Crippen molar-refractivity contribution in [1.82, 2.24) is 9.21 Å². The molecule has 8 heteroatoms. The van der Waals surface area contributed by atoms with E-state index in [1.807, 2.05) is 58.0 Å². The maximum absolute atomic E-state index is 13.6. The molecule has 2 aliphatic rings. The highest BCUT2D eigenvalue weighted by Gasteiger charge is 2.40. The fraction of sp³-hybridized carbons (Fsp3) is 0.481. The Labute approximate surface area is 208 Å². The molecule has 1 fully saturated rings. The van der Waals surface area contributed by atoms with E-state index in [0.29, 0.717) is 30.7 Å². The molecule has 0 saturated carbocycles. The topological polar surface area (TPSA) is 84.0 Å². The second kappa shape index (κ2) is 9.74. The molecule has 2 aliphatic heterocycles. The lowest BCUT2D eigenvalue weighted by molar-refractivity contribution is -0.156. The first-order valence-corrected chi connectivity index (χ1v) is 13.5. The summed E-state index contributed by atoms with van der Waals surface area (Å²) in [5, 5.41) is 0. The van der Waals surface area contributed by atoms with Crippen molar-refractivity contribution in [3.8, 4) is 0 Å². The molecule has 4 rings (SSSR count). The average Bonchev–Trinajstić information content (AvgIpc) is 2.86. The summed E-state index contributed by atoms with van der Waals surface area (Å²) in [6.45, 7) is 8.47. The molecule has 2 aromatic rings. The third kappa shape index (κ3) is 4.61. The van der Waals surface area contributed by atoms with Crippen molar-refractivity contribution >= 4 is 21.9 Å². The van der Waals surface area contributed by atoms with Gasteiger partial charge in [-0.2, -0.15) is 4.31 Å². The highest BCUT2D eigenvalue weighted by molar-refractivity contribution is 7.89. The Morgan fingerprint density at radius 1 is 0.943 bits per heavy atom. The van der Waals surface area contributed by atoms with E-state index >= 15 is 0 Å². The van der Waals surface area contributed by atoms with Crippen LogP contribution in [0.2, 0.25) is 0 Å². The van der Waals surface area contributed by atoms with Gasteiger partial charge in [0, 0.05) is 32.0 Å². The van der Waals surface area contributed by atoms with Gasteiger partial charge >= 0.3 is 5.97 Å². The molecule has 2 aromatic carbocycles. The Kier molecular flexibility index (Phi) is 7.06. The van der Waals surface area contributed by atoms with Gasteiger partial charge in [0.15, 0.2) is 0 Å². The van der Waals surface area contributed by atoms with Gasteiger partial charge in [-0.05, 0) is 73.9 Å². The zero-order valence-corrected chi connectivity index (χ0v) is 21.9. The van der Waals surface area contributed by atoms with Gasteiger partial charge in [0.25, 0.3) is 0 Å². The molecule has 1 atom stereocenters. The van der Waals surface area contributed by atoms with Crippen LogP contribution in [-0.4, -0.2) is 55.7 Å². The zero-order valence-electron chi connectivity index (χ0n) is 21.1. The number of nitrogens with zero attached hydrogens (tertiary/aromatic N) is 2. The monoisotopic (exact) mass is 498 g/mol. The zero-order chi connectivity index (χ0) is 25.5. The third-order valence-electron chi connectivity index (χ3n) is 7.70. The minimum atomic E-state index is -3.68. The van der Waals surface area contributed by atoms with Crippen LogP contribution in [0.1, 0.15) is 46.2 Å². The highest BCUT2D eigenvalue weighted by atomic mass is 32.2. The number of benzene rings is 2. The Hall–Kier alpha value is -2.71. The number of carbonyl (C=O) groups excluding carboxylic acids is 2. The first-order valence-electron chi connectivity index (χ1n) is 12.1. The number of methoxy groups -OCH3 is 1. The van der Waals surface area contributed by atoms with Crippen molar-refractivity contribution in [3.05, 3.63) is 63.7 Å². The van der Waals surface area contributed by atoms with Crippen molar-refractivity contribution < 1.29 is 22.7 Å². The van der Waals surface area contributed by atoms with E-state index in [1.165, 1.54) is 11.4 Å². The summed E-state index contributed by atoms with van der Waals surface area (Å²) in [4.78, 5) is 28.1. The normalized spacial score (nSPS) is 19.3. The molecule has 188 valence electrons. The fourth-order valence-electron chi connectivity index (χ4n) is 5.38. The van der Waals surface area contributed by atoms with Gasteiger partial charge in [-0.3, -0.25) is 4.79 Å². The van der Waals surface area contributed by atoms with Crippen molar-refractivity contribution in [1.29, 1.82) is 0 Å². The van der Waals surface area contributed by atoms with Gasteiger partial charge in [-0.1, -0.05) is 30.3 Å². The molecule has 1 saturated heterocycles. The molecule has 0 N–H and O–H groups in total. The molecule has 35 heavy (non-hydrogen) atoms. The maximum Gasteiger partial charge on any atom is 0.328 e. The summed E-state index contributed by atoms with van der Waals surface area (Å²) in [6.07, 6.45) is 1.27. The van der Waals surface area contributed by atoms with E-state index in [0.717, 1.165) is 33.4 Å². The molecule has 0 bridgehead atoms. The van der Waals surface area contributed by atoms with Gasteiger partial charge in [0.1, 0.15) is 6.04 Å². The minimum Gasteiger partial charge on any atom is -0.467 e. The number of fused-ring (bicyclic) bond motifs is 1. The van der Waals surface area contributed by atoms with Crippen molar-refractivity contribution in [3.63, 3.8) is 0 Å². The van der Waals surface area contributed by atoms with Gasteiger partial charge < -0.3 is 9.64 Å². The third-order valence-corrected chi connectivity index (χ3v) is 9.88. The number of rotatable bonds is 4. The van der Waals surface area contributed by atoms with E-state index in [9.17, 15) is 18.0 Å². The number of piperidine rings is 1. The maximum atomic E-state index is 13.6. The van der Waals surface area contributed by atoms with Crippen LogP contribution in [0.4, 0.5) is 0 Å². The molecule has 0 aliphatic carbocycles. The number of hydrogen-bond acceptors (Lipinski definition) is 5. The van der Waals surface area contributed by atoms with Crippen LogP contribution < -0.4 is 0 Å². The number of sulfonamides is 1. The first-order chi connectivity index (χ1) is 16.6. The summed E-state index contributed by atoms with van der Waals surface area (Å²) in [5.41, 5.74) is 5.54. The average molecular weight is 499 g/mol. The summed E-state index contributed by atoms with van der Waals surface area (Å²) >= 11 is 0. The summed E-state index contributed by atoms with van der Waals surface area (Å²) < 4.78 is 33.7. The van der Waals surface area contributed by atoms with E-state index in [4.69, 9.17) is 4.74 Å². The van der Waals surface area contributed by atoms with Gasteiger partial charge in [0.2, 0.25) is 15.9 Å². The van der Waals surface area contributed by atoms with Crippen LogP contribution in [0.15, 0.2) is 35.2 Å². The molecule has 1 amide bonds. The summed E-state index contributed by atoms with van der Waals surface area (Å²) in [7, 11) is -2.34. The molecule has 2 heterocycles. The standard InChI is InChI=1S/C27H34N2O5S/c1-17-14-18(2)20(4)25(19(17)3)35(32,33)28-12-10-21(11-13-28)26(30)29-16-23-9-7-6-8-22(23)15-24(29)27(31)34-5/h6-9,14,21,24H,10-13,15-16H2,1-5H3/t24-/m0/s1. The predicted molar refractivity (Wildman–Crippen MR) is 133 cm³/mol. The highest BCUT2D eigenvalue weighted by Crippen LogP contribution is 2.33. The molecule has 0 spiro atoms. The van der Waals surface area contributed by atoms with Gasteiger partial charge in [-0.15, -0.1) is 0 Å². The van der Waals surface area contributed by atoms with Crippen LogP contribution >= 0.6 is 0 Å². The van der Waals surface area contributed by atoms with Crippen molar-refractivity contribution in [2.45, 2.75) is 64.4 Å². The Morgan fingerprint density at radius 2 is 1.51 bits per heavy atom. The number of esters is 1. The van der Waals surface area contributed by atoms with Crippen LogP contribution in [0.5, 0.6) is 0 Å². The van der Waals surface area contributed by atoms with E-state index in [2.05, 4.69) is 0 Å². The molecule has 0 radical (unpaired) electrons. The quantitative estimate of drug-likeness (QED) is 0.603. The molecule has 0 aromatic heterocycles. The number of hydrogen-bond donors (Lipinski definition) is 0. The van der Waals surface area contributed by atoms with Gasteiger partial charge in [0.05, 0.1) is 12.0 Å². The van der Waals surface area contributed by atoms with Crippen LogP contribution in [0, 0.1) is 33.6 Å². The molecular weight excluding hydrogens is 464 g/mol. The smallest absolute Gasteiger partial charge is 0.328 e. The number of aryl methyl sites for hydroxylation is 2. The predicted octanol–water partition coefficient (Wildman–Crippen LogP) is 3.45. The van der Waals surface area contributed by atoms with Crippen LogP contribution in [0.3, 0.4) is 0 Å². The number of ether oxygens (including phenoxy) is 1. The van der Waals surface area contributed by atoms with E-state index in [1.54, 1.807) is 4.90 Å². The largest absolute Gasteiger partial charge is 0.467 e. The summed E-state index contributed by atoms with van der Waals surface area (Å²) in [5.74, 6) is -0.861.